The second kappa shape index (κ2) is 4.27. The quantitative estimate of drug-likeness (QED) is 0.544. The van der Waals surface area contributed by atoms with Crippen molar-refractivity contribution in [3.05, 3.63) is 11.8 Å². The van der Waals surface area contributed by atoms with Crippen LogP contribution >= 0.6 is 0 Å². The second-order valence-electron chi connectivity index (χ2n) is 3.48. The Morgan fingerprint density at radius 3 is 2.18 bits per heavy atom. The average molecular weight is 154 g/mol. The van der Waals surface area contributed by atoms with Gasteiger partial charge in [0.05, 0.1) is 12.2 Å². The molecule has 0 aliphatic heterocycles. The average Bonchev–Trinajstić information content (AvgIpc) is 1.87. The number of rotatable bonds is 2. The summed E-state index contributed by atoms with van der Waals surface area (Å²) in [4.78, 5) is 0. The molecule has 0 aromatic rings. The fraction of sp³-hybridized carbons (Fsp3) is 0.778. The molecule has 0 saturated carbocycles. The van der Waals surface area contributed by atoms with Gasteiger partial charge in [-0.15, -0.1) is 0 Å². The monoisotopic (exact) mass is 154 g/mol. The third-order valence-electron chi connectivity index (χ3n) is 1.36. The lowest BCUT2D eigenvalue weighted by atomic mass is 9.92. The van der Waals surface area contributed by atoms with Crippen molar-refractivity contribution in [2.24, 2.45) is 15.6 Å². The van der Waals surface area contributed by atoms with Gasteiger partial charge in [-0.1, -0.05) is 26.8 Å². The highest BCUT2D eigenvalue weighted by atomic mass is 15.1. The van der Waals surface area contributed by atoms with Crippen LogP contribution in [-0.2, 0) is 0 Å². The van der Waals surface area contributed by atoms with E-state index in [0.717, 1.165) is 12.2 Å². The van der Waals surface area contributed by atoms with Crippen LogP contribution in [0.1, 0.15) is 34.6 Å². The van der Waals surface area contributed by atoms with E-state index in [1.165, 1.54) is 0 Å². The summed E-state index contributed by atoms with van der Waals surface area (Å²) in [5.74, 6) is 0. The fourth-order valence-corrected chi connectivity index (χ4v) is 0.788. The predicted molar refractivity (Wildman–Crippen MR) is 48.6 cm³/mol. The van der Waals surface area contributed by atoms with Crippen molar-refractivity contribution >= 4 is 0 Å². The number of hydrogen-bond acceptors (Lipinski definition) is 2. The molecule has 0 amide bonds. The van der Waals surface area contributed by atoms with Gasteiger partial charge in [-0.25, -0.2) is 0 Å². The molecule has 0 unspecified atom stereocenters. The Bertz CT molecular complexity index is 161. The molecule has 0 aliphatic carbocycles. The molecule has 0 aliphatic rings. The molecule has 0 aromatic carbocycles. The summed E-state index contributed by atoms with van der Waals surface area (Å²) in [6, 6.07) is 0. The van der Waals surface area contributed by atoms with Crippen molar-refractivity contribution in [1.82, 2.24) is 0 Å². The molecule has 0 radical (unpaired) electrons. The van der Waals surface area contributed by atoms with Crippen LogP contribution in [0.2, 0.25) is 0 Å². The lowest BCUT2D eigenvalue weighted by Gasteiger charge is -2.17. The highest BCUT2D eigenvalue weighted by Crippen LogP contribution is 2.25. The predicted octanol–water partition coefficient (Wildman–Crippen LogP) is 3.41. The minimum absolute atomic E-state index is 0.118. The fourth-order valence-electron chi connectivity index (χ4n) is 0.788. The van der Waals surface area contributed by atoms with Gasteiger partial charge in [0, 0.05) is 5.41 Å². The van der Waals surface area contributed by atoms with E-state index in [-0.39, 0.29) is 5.41 Å². The Hall–Kier alpha value is -0.660. The highest BCUT2D eigenvalue weighted by Gasteiger charge is 2.15. The summed E-state index contributed by atoms with van der Waals surface area (Å²) in [5.41, 5.74) is 1.17. The van der Waals surface area contributed by atoms with Crippen LogP contribution < -0.4 is 0 Å². The first-order valence-electron chi connectivity index (χ1n) is 4.06. The van der Waals surface area contributed by atoms with Gasteiger partial charge >= 0.3 is 0 Å². The summed E-state index contributed by atoms with van der Waals surface area (Å²) in [6.45, 7) is 11.1. The van der Waals surface area contributed by atoms with E-state index < -0.39 is 0 Å². The van der Waals surface area contributed by atoms with E-state index in [1.54, 1.807) is 0 Å². The largest absolute Gasteiger partial charge is 0.189 e. The molecule has 0 atom stereocenters. The van der Waals surface area contributed by atoms with E-state index in [4.69, 9.17) is 0 Å². The SMILES string of the molecule is C/C=C(\N=NCC)C(C)(C)C. The van der Waals surface area contributed by atoms with Crippen LogP contribution in [0.5, 0.6) is 0 Å². The van der Waals surface area contributed by atoms with Crippen molar-refractivity contribution in [2.45, 2.75) is 34.6 Å². The lowest BCUT2D eigenvalue weighted by molar-refractivity contribution is 0.489. The van der Waals surface area contributed by atoms with Gasteiger partial charge in [-0.05, 0) is 13.8 Å². The van der Waals surface area contributed by atoms with Crippen molar-refractivity contribution in [1.29, 1.82) is 0 Å². The van der Waals surface area contributed by atoms with Gasteiger partial charge in [0.25, 0.3) is 0 Å². The Kier molecular flexibility index (Phi) is 4.01. The Labute approximate surface area is 69.4 Å². The first kappa shape index (κ1) is 10.3. The molecular formula is C9H18N2. The topological polar surface area (TPSA) is 24.7 Å². The number of allylic oxidation sites excluding steroid dienone is 2. The van der Waals surface area contributed by atoms with Crippen molar-refractivity contribution in [2.75, 3.05) is 6.54 Å². The third-order valence-corrected chi connectivity index (χ3v) is 1.36. The smallest absolute Gasteiger partial charge is 0.0637 e. The van der Waals surface area contributed by atoms with Gasteiger partial charge in [0.15, 0.2) is 0 Å². The summed E-state index contributed by atoms with van der Waals surface area (Å²) in [7, 11) is 0. The summed E-state index contributed by atoms with van der Waals surface area (Å²) in [5, 5.41) is 8.08. The van der Waals surface area contributed by atoms with E-state index in [2.05, 4.69) is 31.0 Å². The summed E-state index contributed by atoms with van der Waals surface area (Å²) in [6.07, 6.45) is 2.01. The Balaban J connectivity index is 4.33. The maximum absolute atomic E-state index is 4.12. The van der Waals surface area contributed by atoms with Crippen LogP contribution in [0.25, 0.3) is 0 Å². The van der Waals surface area contributed by atoms with E-state index in [1.807, 2.05) is 19.9 Å². The van der Waals surface area contributed by atoms with E-state index >= 15 is 0 Å². The van der Waals surface area contributed by atoms with Crippen molar-refractivity contribution in [3.63, 3.8) is 0 Å². The van der Waals surface area contributed by atoms with Gasteiger partial charge < -0.3 is 0 Å². The van der Waals surface area contributed by atoms with E-state index in [9.17, 15) is 0 Å². The molecule has 0 bridgehead atoms. The highest BCUT2D eigenvalue weighted by molar-refractivity contribution is 5.06. The lowest BCUT2D eigenvalue weighted by Crippen LogP contribution is -2.06. The zero-order valence-corrected chi connectivity index (χ0v) is 8.18. The first-order valence-corrected chi connectivity index (χ1v) is 4.06. The standard InChI is InChI=1S/C9H18N2/c1-6-8(9(3,4)5)11-10-7-2/h6H,7H2,1-5H3/b8-6-,11-10?. The summed E-state index contributed by atoms with van der Waals surface area (Å²) >= 11 is 0. The zero-order valence-electron chi connectivity index (χ0n) is 8.18. The van der Waals surface area contributed by atoms with Gasteiger partial charge in [-0.2, -0.15) is 10.2 Å². The molecule has 2 heteroatoms. The van der Waals surface area contributed by atoms with Crippen LogP contribution in [-0.4, -0.2) is 6.54 Å². The third kappa shape index (κ3) is 3.91. The van der Waals surface area contributed by atoms with Crippen molar-refractivity contribution < 1.29 is 0 Å². The van der Waals surface area contributed by atoms with Crippen LogP contribution in [0.4, 0.5) is 0 Å². The number of nitrogens with zero attached hydrogens (tertiary/aromatic N) is 2. The first-order chi connectivity index (χ1) is 5.02. The molecule has 0 fully saturated rings. The zero-order chi connectivity index (χ0) is 8.91. The molecule has 0 saturated heterocycles. The molecule has 0 N–H and O–H groups in total. The summed E-state index contributed by atoms with van der Waals surface area (Å²) < 4.78 is 0. The van der Waals surface area contributed by atoms with Crippen LogP contribution in [0, 0.1) is 5.41 Å². The molecule has 11 heavy (non-hydrogen) atoms. The van der Waals surface area contributed by atoms with Crippen molar-refractivity contribution in [3.8, 4) is 0 Å². The molecular weight excluding hydrogens is 136 g/mol. The van der Waals surface area contributed by atoms with Crippen LogP contribution in [0.3, 0.4) is 0 Å². The number of azo groups is 1. The maximum Gasteiger partial charge on any atom is 0.0637 e. The molecule has 0 heterocycles. The maximum atomic E-state index is 4.12. The van der Waals surface area contributed by atoms with Crippen LogP contribution in [0.15, 0.2) is 22.0 Å². The van der Waals surface area contributed by atoms with E-state index in [0.29, 0.717) is 0 Å². The molecule has 2 nitrogen and oxygen atoms in total. The van der Waals surface area contributed by atoms with Gasteiger partial charge in [0.1, 0.15) is 0 Å². The van der Waals surface area contributed by atoms with Gasteiger partial charge in [-0.3, -0.25) is 0 Å². The normalized spacial score (nSPS) is 14.5. The number of hydrogen-bond donors (Lipinski definition) is 0. The van der Waals surface area contributed by atoms with Gasteiger partial charge in [0.2, 0.25) is 0 Å². The molecule has 64 valence electrons. The minimum Gasteiger partial charge on any atom is -0.189 e. The molecule has 0 spiro atoms. The Morgan fingerprint density at radius 1 is 1.36 bits per heavy atom. The second-order valence-corrected chi connectivity index (χ2v) is 3.48. The molecule has 0 aromatic heterocycles. The minimum atomic E-state index is 0.118. The Morgan fingerprint density at radius 2 is 1.91 bits per heavy atom. The molecule has 0 rings (SSSR count).